The van der Waals surface area contributed by atoms with E-state index in [2.05, 4.69) is 17.2 Å². The Morgan fingerprint density at radius 2 is 1.83 bits per heavy atom. The lowest BCUT2D eigenvalue weighted by molar-refractivity contribution is 0.498. The minimum Gasteiger partial charge on any atom is -0.370 e. The second-order valence-electron chi connectivity index (χ2n) is 5.89. The smallest absolute Gasteiger partial charge is 0.188 e. The molecule has 2 fully saturated rings. The fraction of sp³-hybridized carbons (Fsp3) is 0.929. The van der Waals surface area contributed by atoms with Crippen molar-refractivity contribution in [1.29, 1.82) is 0 Å². The first kappa shape index (κ1) is 16.1. The molecule has 0 aromatic rings. The molecular weight excluding hydrogens is 337 g/mol. The Balaban J connectivity index is 0.00000162. The molecule has 3 N–H and O–H groups in total. The van der Waals surface area contributed by atoms with Crippen LogP contribution in [0.3, 0.4) is 0 Å². The van der Waals surface area contributed by atoms with Crippen LogP contribution in [0.25, 0.3) is 0 Å². The van der Waals surface area contributed by atoms with Crippen LogP contribution in [0.5, 0.6) is 0 Å². The Hall–Kier alpha value is 0. The summed E-state index contributed by atoms with van der Waals surface area (Å²) in [6.07, 6.45) is 11.9. The lowest BCUT2D eigenvalue weighted by atomic mass is 10.1. The number of rotatable bonds is 4. The van der Waals surface area contributed by atoms with Gasteiger partial charge in [0.1, 0.15) is 0 Å². The molecule has 0 aliphatic heterocycles. The summed E-state index contributed by atoms with van der Waals surface area (Å²) in [6.45, 7) is 3.19. The average Bonchev–Trinajstić information content (AvgIpc) is 3.12. The molecule has 0 bridgehead atoms. The molecule has 2 rings (SSSR count). The van der Waals surface area contributed by atoms with Crippen molar-refractivity contribution in [3.63, 3.8) is 0 Å². The zero-order valence-corrected chi connectivity index (χ0v) is 13.9. The highest BCUT2D eigenvalue weighted by atomic mass is 127. The van der Waals surface area contributed by atoms with Gasteiger partial charge in [0.2, 0.25) is 0 Å². The third-order valence-electron chi connectivity index (χ3n) is 4.50. The highest BCUT2D eigenvalue weighted by Gasteiger charge is 2.40. The first-order chi connectivity index (χ1) is 8.24. The van der Waals surface area contributed by atoms with E-state index in [1.54, 1.807) is 0 Å². The molecule has 2 aliphatic carbocycles. The van der Waals surface area contributed by atoms with E-state index in [0.29, 0.717) is 17.4 Å². The Morgan fingerprint density at radius 1 is 1.22 bits per heavy atom. The maximum absolute atomic E-state index is 5.98. The second-order valence-corrected chi connectivity index (χ2v) is 5.89. The van der Waals surface area contributed by atoms with Crippen LogP contribution < -0.4 is 11.1 Å². The molecule has 4 heteroatoms. The van der Waals surface area contributed by atoms with Gasteiger partial charge in [0.05, 0.1) is 0 Å². The fourth-order valence-electron chi connectivity index (χ4n) is 2.73. The van der Waals surface area contributed by atoms with Gasteiger partial charge >= 0.3 is 0 Å². The monoisotopic (exact) mass is 365 g/mol. The normalized spacial score (nSPS) is 23.9. The zero-order chi connectivity index (χ0) is 12.1. The summed E-state index contributed by atoms with van der Waals surface area (Å²) in [6, 6.07) is 0.568. The van der Waals surface area contributed by atoms with Crippen molar-refractivity contribution < 1.29 is 0 Å². The number of hydrogen-bond acceptors (Lipinski definition) is 1. The van der Waals surface area contributed by atoms with E-state index in [0.717, 1.165) is 6.54 Å². The van der Waals surface area contributed by atoms with Crippen molar-refractivity contribution >= 4 is 29.9 Å². The number of halogens is 1. The highest BCUT2D eigenvalue weighted by molar-refractivity contribution is 14.0. The topological polar surface area (TPSA) is 50.4 Å². The van der Waals surface area contributed by atoms with Crippen molar-refractivity contribution in [1.82, 2.24) is 5.32 Å². The van der Waals surface area contributed by atoms with Crippen LogP contribution in [0.2, 0.25) is 0 Å². The molecule has 0 unspecified atom stereocenters. The summed E-state index contributed by atoms with van der Waals surface area (Å²) in [5, 5.41) is 3.41. The van der Waals surface area contributed by atoms with Crippen LogP contribution >= 0.6 is 24.0 Å². The molecule has 0 heterocycles. The second kappa shape index (κ2) is 7.56. The lowest BCUT2D eigenvalue weighted by Gasteiger charge is -2.17. The minimum absolute atomic E-state index is 0. The van der Waals surface area contributed by atoms with Gasteiger partial charge in [-0.05, 0) is 37.5 Å². The van der Waals surface area contributed by atoms with Crippen molar-refractivity contribution in [2.75, 3.05) is 6.54 Å². The van der Waals surface area contributed by atoms with E-state index in [4.69, 9.17) is 5.73 Å². The fourth-order valence-corrected chi connectivity index (χ4v) is 2.73. The van der Waals surface area contributed by atoms with Gasteiger partial charge in [-0.25, -0.2) is 0 Å². The van der Waals surface area contributed by atoms with E-state index in [9.17, 15) is 0 Å². The molecule has 0 aromatic heterocycles. The standard InChI is InChI=1S/C14H27N3.HI/c1-2-14(9-10-14)11-16-13(15)17-12-7-5-3-4-6-8-12;/h12H,2-11H2,1H3,(H3,15,16,17);1H. The van der Waals surface area contributed by atoms with E-state index in [-0.39, 0.29) is 24.0 Å². The van der Waals surface area contributed by atoms with Gasteiger partial charge in [0, 0.05) is 12.6 Å². The first-order valence-corrected chi connectivity index (χ1v) is 7.31. The van der Waals surface area contributed by atoms with Crippen molar-refractivity contribution in [2.24, 2.45) is 16.1 Å². The number of hydrogen-bond donors (Lipinski definition) is 2. The molecule has 2 saturated carbocycles. The molecule has 0 radical (unpaired) electrons. The number of aliphatic imine (C=N–C) groups is 1. The third kappa shape index (κ3) is 4.94. The SMILES string of the molecule is CCC1(CN=C(N)NC2CCCCCC2)CC1.I. The number of guanidine groups is 1. The maximum atomic E-state index is 5.98. The molecule has 3 nitrogen and oxygen atoms in total. The first-order valence-electron chi connectivity index (χ1n) is 7.31. The predicted molar refractivity (Wildman–Crippen MR) is 88.5 cm³/mol. The summed E-state index contributed by atoms with van der Waals surface area (Å²) < 4.78 is 0. The Morgan fingerprint density at radius 3 is 2.33 bits per heavy atom. The largest absolute Gasteiger partial charge is 0.370 e. The summed E-state index contributed by atoms with van der Waals surface area (Å²) in [7, 11) is 0. The molecule has 0 atom stereocenters. The summed E-state index contributed by atoms with van der Waals surface area (Å²) in [5.74, 6) is 0.677. The predicted octanol–water partition coefficient (Wildman–Crippen LogP) is 3.42. The maximum Gasteiger partial charge on any atom is 0.188 e. The highest BCUT2D eigenvalue weighted by Crippen LogP contribution is 2.48. The van der Waals surface area contributed by atoms with E-state index < -0.39 is 0 Å². The Bertz CT molecular complexity index is 266. The molecule has 0 aromatic carbocycles. The zero-order valence-electron chi connectivity index (χ0n) is 11.6. The van der Waals surface area contributed by atoms with Gasteiger partial charge in [-0.15, -0.1) is 24.0 Å². The van der Waals surface area contributed by atoms with Gasteiger partial charge in [0.15, 0.2) is 5.96 Å². The number of nitrogens with one attached hydrogen (secondary N) is 1. The molecule has 18 heavy (non-hydrogen) atoms. The third-order valence-corrected chi connectivity index (χ3v) is 4.50. The van der Waals surface area contributed by atoms with Crippen molar-refractivity contribution in [3.8, 4) is 0 Å². The van der Waals surface area contributed by atoms with Crippen LogP contribution in [0.1, 0.15) is 64.7 Å². The van der Waals surface area contributed by atoms with Gasteiger partial charge < -0.3 is 11.1 Å². The molecule has 106 valence electrons. The van der Waals surface area contributed by atoms with E-state index in [1.807, 2.05) is 0 Å². The van der Waals surface area contributed by atoms with Crippen LogP contribution in [-0.2, 0) is 0 Å². The van der Waals surface area contributed by atoms with Crippen LogP contribution in [0, 0.1) is 5.41 Å². The summed E-state index contributed by atoms with van der Waals surface area (Å²) >= 11 is 0. The Kier molecular flexibility index (Phi) is 6.74. The molecule has 0 spiro atoms. The van der Waals surface area contributed by atoms with Crippen LogP contribution in [-0.4, -0.2) is 18.5 Å². The molecule has 2 aliphatic rings. The van der Waals surface area contributed by atoms with Crippen molar-refractivity contribution in [2.45, 2.75) is 70.8 Å². The quantitative estimate of drug-likeness (QED) is 0.347. The van der Waals surface area contributed by atoms with Crippen molar-refractivity contribution in [3.05, 3.63) is 0 Å². The van der Waals surface area contributed by atoms with Crippen LogP contribution in [0.15, 0.2) is 4.99 Å². The van der Waals surface area contributed by atoms with E-state index >= 15 is 0 Å². The molecular formula is C14H28IN3. The van der Waals surface area contributed by atoms with Gasteiger partial charge in [-0.3, -0.25) is 4.99 Å². The molecule has 0 amide bonds. The lowest BCUT2D eigenvalue weighted by Crippen LogP contribution is -2.40. The minimum atomic E-state index is 0. The van der Waals surface area contributed by atoms with Gasteiger partial charge in [-0.1, -0.05) is 32.6 Å². The number of nitrogens with two attached hydrogens (primary N) is 1. The Labute approximate surface area is 128 Å². The van der Waals surface area contributed by atoms with E-state index in [1.165, 1.54) is 57.8 Å². The number of nitrogens with zero attached hydrogens (tertiary/aromatic N) is 1. The van der Waals surface area contributed by atoms with Gasteiger partial charge in [-0.2, -0.15) is 0 Å². The summed E-state index contributed by atoms with van der Waals surface area (Å²) in [5.41, 5.74) is 6.49. The average molecular weight is 365 g/mol. The van der Waals surface area contributed by atoms with Gasteiger partial charge in [0.25, 0.3) is 0 Å². The van der Waals surface area contributed by atoms with Crippen LogP contribution in [0.4, 0.5) is 0 Å². The summed E-state index contributed by atoms with van der Waals surface area (Å²) in [4.78, 5) is 4.54. The molecule has 0 saturated heterocycles.